The average Bonchev–Trinajstić information content (AvgIpc) is 2.47. The highest BCUT2D eigenvalue weighted by Crippen LogP contribution is 2.27. The molecule has 0 aromatic heterocycles. The minimum absolute atomic E-state index is 0.0554. The zero-order chi connectivity index (χ0) is 15.0. The lowest BCUT2D eigenvalue weighted by Crippen LogP contribution is -2.25. The highest BCUT2D eigenvalue weighted by atomic mass is 32.2. The quantitative estimate of drug-likeness (QED) is 0.730. The Morgan fingerprint density at radius 1 is 1.35 bits per heavy atom. The molecule has 1 N–H and O–H groups in total. The fourth-order valence-electron chi connectivity index (χ4n) is 1.87. The number of halogens is 1. The first-order chi connectivity index (χ1) is 9.62. The normalized spacial score (nSPS) is 14.1. The van der Waals surface area contributed by atoms with Crippen molar-refractivity contribution >= 4 is 11.8 Å². The summed E-state index contributed by atoms with van der Waals surface area (Å²) in [6.45, 7) is 7.42. The van der Waals surface area contributed by atoms with Crippen molar-refractivity contribution in [3.63, 3.8) is 0 Å². The summed E-state index contributed by atoms with van der Waals surface area (Å²) in [5.74, 6) is 1.26. The maximum absolute atomic E-state index is 14.2. The number of thioether (sulfide) groups is 1. The molecule has 0 aliphatic carbocycles. The first-order valence-electron chi connectivity index (χ1n) is 7.30. The van der Waals surface area contributed by atoms with Crippen molar-refractivity contribution in [2.24, 2.45) is 0 Å². The predicted octanol–water partition coefficient (Wildman–Crippen LogP) is 4.41. The molecule has 20 heavy (non-hydrogen) atoms. The van der Waals surface area contributed by atoms with Crippen molar-refractivity contribution in [2.75, 3.05) is 19.4 Å². The molecule has 0 fully saturated rings. The molecule has 0 saturated carbocycles. The maximum Gasteiger partial charge on any atom is 0.131 e. The van der Waals surface area contributed by atoms with Crippen LogP contribution in [0.25, 0.3) is 0 Å². The van der Waals surface area contributed by atoms with E-state index in [4.69, 9.17) is 4.74 Å². The molecule has 0 radical (unpaired) electrons. The fraction of sp³-hybridized carbons (Fsp3) is 0.625. The van der Waals surface area contributed by atoms with Gasteiger partial charge in [-0.15, -0.1) is 0 Å². The van der Waals surface area contributed by atoms with Crippen molar-refractivity contribution in [3.05, 3.63) is 29.6 Å². The van der Waals surface area contributed by atoms with Gasteiger partial charge in [0.1, 0.15) is 11.6 Å². The Balaban J connectivity index is 2.80. The van der Waals surface area contributed by atoms with E-state index in [0.717, 1.165) is 30.7 Å². The molecular weight excluding hydrogens is 273 g/mol. The number of methoxy groups -OCH3 is 1. The van der Waals surface area contributed by atoms with Crippen LogP contribution < -0.4 is 10.1 Å². The third-order valence-electron chi connectivity index (χ3n) is 3.35. The number of hydrogen-bond donors (Lipinski definition) is 1. The summed E-state index contributed by atoms with van der Waals surface area (Å²) in [5.41, 5.74) is 0.732. The molecule has 0 bridgehead atoms. The van der Waals surface area contributed by atoms with Gasteiger partial charge >= 0.3 is 0 Å². The summed E-state index contributed by atoms with van der Waals surface area (Å²) in [7, 11) is 1.56. The monoisotopic (exact) mass is 299 g/mol. The zero-order valence-corrected chi connectivity index (χ0v) is 13.7. The van der Waals surface area contributed by atoms with E-state index < -0.39 is 0 Å². The number of rotatable bonds is 9. The molecule has 1 aromatic rings. The largest absolute Gasteiger partial charge is 0.497 e. The van der Waals surface area contributed by atoms with Crippen LogP contribution in [0.4, 0.5) is 4.39 Å². The van der Waals surface area contributed by atoms with Gasteiger partial charge in [-0.2, -0.15) is 11.8 Å². The van der Waals surface area contributed by atoms with Gasteiger partial charge in [-0.05, 0) is 25.5 Å². The Bertz CT molecular complexity index is 400. The van der Waals surface area contributed by atoms with Gasteiger partial charge in [-0.25, -0.2) is 4.39 Å². The molecule has 0 amide bonds. The summed E-state index contributed by atoms with van der Waals surface area (Å²) in [4.78, 5) is 0. The fourth-order valence-corrected chi connectivity index (χ4v) is 2.93. The van der Waals surface area contributed by atoms with Gasteiger partial charge in [-0.1, -0.05) is 26.8 Å². The zero-order valence-electron chi connectivity index (χ0n) is 12.9. The Kier molecular flexibility index (Phi) is 8.00. The molecule has 2 unspecified atom stereocenters. The van der Waals surface area contributed by atoms with E-state index in [9.17, 15) is 4.39 Å². The summed E-state index contributed by atoms with van der Waals surface area (Å²) in [6, 6.07) is 5.18. The van der Waals surface area contributed by atoms with Crippen LogP contribution in [-0.4, -0.2) is 24.7 Å². The predicted molar refractivity (Wildman–Crippen MR) is 86.2 cm³/mol. The van der Waals surface area contributed by atoms with Gasteiger partial charge in [0.2, 0.25) is 0 Å². The maximum atomic E-state index is 14.2. The lowest BCUT2D eigenvalue weighted by Gasteiger charge is -2.21. The lowest BCUT2D eigenvalue weighted by molar-refractivity contribution is 0.409. The van der Waals surface area contributed by atoms with Crippen LogP contribution in [0.3, 0.4) is 0 Å². The smallest absolute Gasteiger partial charge is 0.131 e. The van der Waals surface area contributed by atoms with Crippen molar-refractivity contribution < 1.29 is 9.13 Å². The molecule has 1 rings (SSSR count). The van der Waals surface area contributed by atoms with Crippen molar-refractivity contribution in [2.45, 2.75) is 44.9 Å². The second kappa shape index (κ2) is 9.24. The third kappa shape index (κ3) is 5.33. The molecule has 114 valence electrons. The van der Waals surface area contributed by atoms with E-state index in [0.29, 0.717) is 11.0 Å². The standard InChI is InChI=1S/C16H26FNOS/c1-5-9-18-16(11-20-12(3)6-2)14-8-7-13(19-4)10-15(14)17/h7-8,10,12,16,18H,5-6,9,11H2,1-4H3. The molecular formula is C16H26FNOS. The van der Waals surface area contributed by atoms with E-state index >= 15 is 0 Å². The second-order valence-corrected chi connectivity index (χ2v) is 6.42. The highest BCUT2D eigenvalue weighted by Gasteiger charge is 2.17. The first-order valence-corrected chi connectivity index (χ1v) is 8.35. The van der Waals surface area contributed by atoms with Gasteiger partial charge < -0.3 is 10.1 Å². The minimum Gasteiger partial charge on any atom is -0.497 e. The van der Waals surface area contributed by atoms with Gasteiger partial charge in [0.15, 0.2) is 0 Å². The first kappa shape index (κ1) is 17.3. The molecule has 1 aromatic carbocycles. The third-order valence-corrected chi connectivity index (χ3v) is 4.77. The topological polar surface area (TPSA) is 21.3 Å². The van der Waals surface area contributed by atoms with Crippen molar-refractivity contribution in [1.82, 2.24) is 5.32 Å². The van der Waals surface area contributed by atoms with Crippen LogP contribution in [0.1, 0.15) is 45.2 Å². The number of benzene rings is 1. The Morgan fingerprint density at radius 3 is 2.65 bits per heavy atom. The Morgan fingerprint density at radius 2 is 2.10 bits per heavy atom. The van der Waals surface area contributed by atoms with Crippen LogP contribution >= 0.6 is 11.8 Å². The van der Waals surface area contributed by atoms with Crippen LogP contribution in [0.15, 0.2) is 18.2 Å². The molecule has 0 spiro atoms. The molecule has 2 nitrogen and oxygen atoms in total. The van der Waals surface area contributed by atoms with Crippen molar-refractivity contribution in [3.8, 4) is 5.75 Å². The van der Waals surface area contributed by atoms with Crippen LogP contribution in [0, 0.1) is 5.82 Å². The number of ether oxygens (including phenoxy) is 1. The molecule has 0 aliphatic heterocycles. The van der Waals surface area contributed by atoms with E-state index in [-0.39, 0.29) is 11.9 Å². The average molecular weight is 299 g/mol. The Labute approximate surface area is 126 Å². The van der Waals surface area contributed by atoms with E-state index in [1.54, 1.807) is 7.11 Å². The number of hydrogen-bond acceptors (Lipinski definition) is 3. The van der Waals surface area contributed by atoms with Gasteiger partial charge in [-0.3, -0.25) is 0 Å². The van der Waals surface area contributed by atoms with Gasteiger partial charge in [0, 0.05) is 28.7 Å². The summed E-state index contributed by atoms with van der Waals surface area (Å²) < 4.78 is 19.3. The van der Waals surface area contributed by atoms with Gasteiger partial charge in [0.05, 0.1) is 7.11 Å². The van der Waals surface area contributed by atoms with E-state index in [2.05, 4.69) is 26.1 Å². The lowest BCUT2D eigenvalue weighted by atomic mass is 10.1. The van der Waals surface area contributed by atoms with E-state index in [1.165, 1.54) is 6.07 Å². The van der Waals surface area contributed by atoms with E-state index in [1.807, 2.05) is 23.9 Å². The summed E-state index contributed by atoms with van der Waals surface area (Å²) in [6.07, 6.45) is 2.18. The van der Waals surface area contributed by atoms with Crippen LogP contribution in [0.5, 0.6) is 5.75 Å². The highest BCUT2D eigenvalue weighted by molar-refractivity contribution is 7.99. The molecule has 0 saturated heterocycles. The second-order valence-electron chi connectivity index (χ2n) is 4.95. The van der Waals surface area contributed by atoms with Crippen LogP contribution in [0.2, 0.25) is 0 Å². The Hall–Kier alpha value is -0.740. The molecule has 0 heterocycles. The molecule has 0 aliphatic rings. The minimum atomic E-state index is -0.192. The SMILES string of the molecule is CCCNC(CSC(C)CC)c1ccc(OC)cc1F. The summed E-state index contributed by atoms with van der Waals surface area (Å²) >= 11 is 1.89. The molecule has 4 heteroatoms. The van der Waals surface area contributed by atoms with Crippen molar-refractivity contribution in [1.29, 1.82) is 0 Å². The number of nitrogens with one attached hydrogen (secondary N) is 1. The summed E-state index contributed by atoms with van der Waals surface area (Å²) in [5, 5.41) is 4.04. The van der Waals surface area contributed by atoms with Gasteiger partial charge in [0.25, 0.3) is 0 Å². The van der Waals surface area contributed by atoms with Crippen LogP contribution in [-0.2, 0) is 0 Å². The molecule has 2 atom stereocenters.